The van der Waals surface area contributed by atoms with Crippen LogP contribution in [0.3, 0.4) is 0 Å². The van der Waals surface area contributed by atoms with E-state index >= 15 is 0 Å². The summed E-state index contributed by atoms with van der Waals surface area (Å²) in [6, 6.07) is 28.0. The van der Waals surface area contributed by atoms with Gasteiger partial charge in [-0.2, -0.15) is 5.10 Å². The van der Waals surface area contributed by atoms with Crippen LogP contribution in [0.4, 0.5) is 0 Å². The van der Waals surface area contributed by atoms with Crippen molar-refractivity contribution in [2.24, 2.45) is 0 Å². The normalized spacial score (nSPS) is 12.2. The zero-order valence-corrected chi connectivity index (χ0v) is 21.8. The van der Waals surface area contributed by atoms with E-state index in [4.69, 9.17) is 10.2 Å². The molecule has 0 saturated carbocycles. The van der Waals surface area contributed by atoms with Crippen molar-refractivity contribution in [3.05, 3.63) is 90.0 Å². The Balaban J connectivity index is 0.000000423. The average Bonchev–Trinajstić information content (AvgIpc) is 3.20. The van der Waals surface area contributed by atoms with Crippen LogP contribution in [0.25, 0.3) is 28.5 Å². The van der Waals surface area contributed by atoms with Gasteiger partial charge in [0.25, 0.3) is 0 Å². The van der Waals surface area contributed by atoms with E-state index in [1.807, 2.05) is 30.3 Å². The fraction of sp³-hybridized carbons (Fsp3) is 0.259. The minimum absolute atomic E-state index is 0. The van der Waals surface area contributed by atoms with Crippen LogP contribution in [0.15, 0.2) is 72.8 Å². The predicted octanol–water partition coefficient (Wildman–Crippen LogP) is 5.15. The summed E-state index contributed by atoms with van der Waals surface area (Å²) in [5.41, 5.74) is 5.41. The SMILES string of the molecule is CC(O)CC(C)O.Cc1c[c-]c(-c2nnc(-c3ccc(C)cc3)n2-c2ccccc2)cc1.[Ir]. The summed E-state index contributed by atoms with van der Waals surface area (Å²) in [5.74, 6) is 1.62. The van der Waals surface area contributed by atoms with E-state index in [2.05, 4.69) is 77.1 Å². The molecule has 0 bridgehead atoms. The van der Waals surface area contributed by atoms with Gasteiger partial charge in [-0.05, 0) is 39.3 Å². The minimum Gasteiger partial charge on any atom is -0.393 e. The van der Waals surface area contributed by atoms with Gasteiger partial charge in [0.1, 0.15) is 0 Å². The number of hydrogen-bond donors (Lipinski definition) is 2. The summed E-state index contributed by atoms with van der Waals surface area (Å²) in [6.45, 7) is 7.46. The molecule has 2 atom stereocenters. The zero-order valence-electron chi connectivity index (χ0n) is 19.4. The molecule has 1 radical (unpaired) electrons. The first kappa shape index (κ1) is 26.6. The molecule has 4 rings (SSSR count). The number of aliphatic hydroxyl groups excluding tert-OH is 2. The smallest absolute Gasteiger partial charge is 0.159 e. The largest absolute Gasteiger partial charge is 0.393 e. The molecule has 1 aromatic heterocycles. The summed E-state index contributed by atoms with van der Waals surface area (Å²) < 4.78 is 2.09. The summed E-state index contributed by atoms with van der Waals surface area (Å²) >= 11 is 0. The molecule has 0 aliphatic carbocycles. The Morgan fingerprint density at radius 2 is 1.36 bits per heavy atom. The molecule has 33 heavy (non-hydrogen) atoms. The molecule has 0 aliphatic rings. The topological polar surface area (TPSA) is 71.2 Å². The molecule has 5 nitrogen and oxygen atoms in total. The standard InChI is InChI=1S/C22H18N3.C5H12O2.Ir/c1-16-8-12-18(13-9-16)21-23-24-22(19-14-10-17(2)11-15-19)25(21)20-6-4-3-5-7-20;1-4(6)3-5(2)7;/h3-14H,1-2H3;4-7H,3H2,1-2H3;/q-1;;. The monoisotopic (exact) mass is 621 g/mol. The minimum atomic E-state index is -0.375. The number of aliphatic hydroxyl groups is 2. The predicted molar refractivity (Wildman–Crippen MR) is 129 cm³/mol. The van der Waals surface area contributed by atoms with E-state index in [0.717, 1.165) is 28.5 Å². The van der Waals surface area contributed by atoms with Gasteiger partial charge in [0.2, 0.25) is 0 Å². The van der Waals surface area contributed by atoms with Crippen LogP contribution in [0.2, 0.25) is 0 Å². The van der Waals surface area contributed by atoms with Crippen LogP contribution in [-0.4, -0.2) is 37.2 Å². The van der Waals surface area contributed by atoms with Gasteiger partial charge in [-0.3, -0.25) is 0 Å². The van der Waals surface area contributed by atoms with Crippen LogP contribution >= 0.6 is 0 Å². The van der Waals surface area contributed by atoms with Gasteiger partial charge in [-0.1, -0.05) is 55.0 Å². The molecule has 175 valence electrons. The number of para-hydroxylation sites is 1. The Hall–Kier alpha value is -2.63. The Labute approximate surface area is 209 Å². The number of aromatic nitrogens is 3. The molecule has 3 aromatic carbocycles. The molecular formula is C27H30IrN3O2-. The molecule has 0 aliphatic heterocycles. The molecule has 0 amide bonds. The quantitative estimate of drug-likeness (QED) is 0.303. The Bertz CT molecular complexity index is 1040. The summed E-state index contributed by atoms with van der Waals surface area (Å²) in [7, 11) is 0. The number of rotatable bonds is 5. The number of aryl methyl sites for hydroxylation is 2. The van der Waals surface area contributed by atoms with E-state index in [9.17, 15) is 0 Å². The van der Waals surface area contributed by atoms with E-state index in [-0.39, 0.29) is 32.3 Å². The number of hydrogen-bond acceptors (Lipinski definition) is 4. The third-order valence-electron chi connectivity index (χ3n) is 4.88. The second-order valence-electron chi connectivity index (χ2n) is 8.10. The molecule has 6 heteroatoms. The van der Waals surface area contributed by atoms with Crippen molar-refractivity contribution >= 4 is 0 Å². The second kappa shape index (κ2) is 12.6. The zero-order chi connectivity index (χ0) is 23.1. The Morgan fingerprint density at radius 1 is 0.788 bits per heavy atom. The van der Waals surface area contributed by atoms with Crippen molar-refractivity contribution < 1.29 is 30.3 Å². The molecule has 0 spiro atoms. The van der Waals surface area contributed by atoms with Gasteiger partial charge in [0.05, 0.1) is 18.0 Å². The first-order chi connectivity index (χ1) is 15.3. The first-order valence-electron chi connectivity index (χ1n) is 10.8. The average molecular weight is 621 g/mol. The van der Waals surface area contributed by atoms with Crippen LogP contribution < -0.4 is 0 Å². The molecule has 4 aromatic rings. The maximum Gasteiger partial charge on any atom is 0.159 e. The molecular weight excluding hydrogens is 591 g/mol. The van der Waals surface area contributed by atoms with E-state index in [0.29, 0.717) is 6.42 Å². The van der Waals surface area contributed by atoms with Gasteiger partial charge < -0.3 is 14.8 Å². The van der Waals surface area contributed by atoms with Crippen molar-refractivity contribution in [2.75, 3.05) is 0 Å². The van der Waals surface area contributed by atoms with E-state index in [1.54, 1.807) is 13.8 Å². The summed E-state index contributed by atoms with van der Waals surface area (Å²) in [6.07, 6.45) is -0.278. The summed E-state index contributed by atoms with van der Waals surface area (Å²) in [4.78, 5) is 0. The molecule has 1 heterocycles. The van der Waals surface area contributed by atoms with Crippen LogP contribution in [0, 0.1) is 19.9 Å². The van der Waals surface area contributed by atoms with Crippen molar-refractivity contribution in [3.63, 3.8) is 0 Å². The van der Waals surface area contributed by atoms with Crippen molar-refractivity contribution in [1.82, 2.24) is 14.8 Å². The van der Waals surface area contributed by atoms with Crippen LogP contribution in [-0.2, 0) is 20.1 Å². The Morgan fingerprint density at radius 3 is 1.88 bits per heavy atom. The van der Waals surface area contributed by atoms with E-state index in [1.165, 1.54) is 11.1 Å². The van der Waals surface area contributed by atoms with Crippen molar-refractivity contribution in [1.29, 1.82) is 0 Å². The molecule has 2 unspecified atom stereocenters. The van der Waals surface area contributed by atoms with Crippen LogP contribution in [0.5, 0.6) is 0 Å². The maximum absolute atomic E-state index is 8.56. The van der Waals surface area contributed by atoms with Crippen molar-refractivity contribution in [2.45, 2.75) is 46.3 Å². The third kappa shape index (κ3) is 7.44. The van der Waals surface area contributed by atoms with E-state index < -0.39 is 0 Å². The van der Waals surface area contributed by atoms with Crippen LogP contribution in [0.1, 0.15) is 31.4 Å². The molecule has 0 fully saturated rings. The Kier molecular flexibility index (Phi) is 10.1. The first-order valence-corrected chi connectivity index (χ1v) is 10.8. The van der Waals surface area contributed by atoms with Gasteiger partial charge in [-0.15, -0.1) is 40.5 Å². The second-order valence-corrected chi connectivity index (χ2v) is 8.10. The molecule has 0 saturated heterocycles. The van der Waals surface area contributed by atoms with Gasteiger partial charge >= 0.3 is 0 Å². The third-order valence-corrected chi connectivity index (χ3v) is 4.88. The summed E-state index contributed by atoms with van der Waals surface area (Å²) in [5, 5.41) is 26.1. The van der Waals surface area contributed by atoms with Crippen molar-refractivity contribution in [3.8, 4) is 28.5 Å². The maximum atomic E-state index is 8.56. The van der Waals surface area contributed by atoms with Gasteiger partial charge in [-0.25, -0.2) is 0 Å². The van der Waals surface area contributed by atoms with Gasteiger partial charge in [0.15, 0.2) is 5.82 Å². The number of benzene rings is 3. The van der Waals surface area contributed by atoms with Gasteiger partial charge in [0, 0.05) is 31.4 Å². The fourth-order valence-electron chi connectivity index (χ4n) is 3.31. The fourth-order valence-corrected chi connectivity index (χ4v) is 3.31. The number of nitrogens with zero attached hydrogens (tertiary/aromatic N) is 3. The molecule has 2 N–H and O–H groups in total.